The van der Waals surface area contributed by atoms with E-state index in [1.54, 1.807) is 50.4 Å². The molecule has 0 saturated carbocycles. The van der Waals surface area contributed by atoms with E-state index in [1.807, 2.05) is 6.07 Å². The third kappa shape index (κ3) is 3.40. The predicted molar refractivity (Wildman–Crippen MR) is 88.0 cm³/mol. The van der Waals surface area contributed by atoms with E-state index >= 15 is 0 Å². The van der Waals surface area contributed by atoms with Crippen LogP contribution >= 0.6 is 0 Å². The topological polar surface area (TPSA) is 75.6 Å². The molecular weight excluding hydrogens is 294 g/mol. The van der Waals surface area contributed by atoms with Gasteiger partial charge in [-0.3, -0.25) is 4.79 Å². The van der Waals surface area contributed by atoms with Gasteiger partial charge < -0.3 is 15.2 Å². The second-order valence-electron chi connectivity index (χ2n) is 4.92. The predicted octanol–water partition coefficient (Wildman–Crippen LogP) is 3.24. The van der Waals surface area contributed by atoms with Crippen molar-refractivity contribution in [3.63, 3.8) is 0 Å². The number of anilines is 1. The lowest BCUT2D eigenvalue weighted by atomic mass is 9.99. The van der Waals surface area contributed by atoms with Gasteiger partial charge in [0.25, 0.3) is 0 Å². The minimum atomic E-state index is -0.964. The van der Waals surface area contributed by atoms with Gasteiger partial charge in [-0.05, 0) is 25.1 Å². The fourth-order valence-electron chi connectivity index (χ4n) is 2.15. The number of ether oxygens (including phenoxy) is 1. The van der Waals surface area contributed by atoms with Crippen molar-refractivity contribution in [3.8, 4) is 5.75 Å². The summed E-state index contributed by atoms with van der Waals surface area (Å²) in [4.78, 5) is 24.3. The third-order valence-corrected chi connectivity index (χ3v) is 3.32. The Hall–Kier alpha value is -3.08. The van der Waals surface area contributed by atoms with Crippen molar-refractivity contribution >= 4 is 17.4 Å². The zero-order valence-electron chi connectivity index (χ0n) is 12.9. The van der Waals surface area contributed by atoms with Gasteiger partial charge in [0.05, 0.1) is 5.69 Å². The van der Waals surface area contributed by atoms with Crippen molar-refractivity contribution in [2.45, 2.75) is 6.92 Å². The molecule has 2 N–H and O–H groups in total. The first-order chi connectivity index (χ1) is 11.0. The largest absolute Gasteiger partial charge is 0.502 e. The normalized spacial score (nSPS) is 10.0. The second-order valence-corrected chi connectivity index (χ2v) is 4.92. The molecule has 0 radical (unpaired) electrons. The summed E-state index contributed by atoms with van der Waals surface area (Å²) < 4.78 is 5.15. The number of hydrogen-bond acceptors (Lipinski definition) is 5. The fraction of sp³-hybridized carbons (Fsp3) is 0.111. The average Bonchev–Trinajstić information content (AvgIpc) is 2.56. The summed E-state index contributed by atoms with van der Waals surface area (Å²) in [6.45, 7) is 4.87. The summed E-state index contributed by atoms with van der Waals surface area (Å²) in [5, 5.41) is 12.0. The first-order valence-corrected chi connectivity index (χ1v) is 6.97. The number of aliphatic hydroxyl groups is 1. The number of aryl methyl sites for hydroxylation is 1. The zero-order chi connectivity index (χ0) is 17.0. The van der Waals surface area contributed by atoms with Crippen LogP contribution in [0.4, 0.5) is 5.69 Å². The highest BCUT2D eigenvalue weighted by Crippen LogP contribution is 2.33. The molecule has 0 spiro atoms. The minimum absolute atomic E-state index is 0.189. The quantitative estimate of drug-likeness (QED) is 0.291. The van der Waals surface area contributed by atoms with Crippen molar-refractivity contribution in [1.82, 2.24) is 0 Å². The van der Waals surface area contributed by atoms with Gasteiger partial charge in [-0.2, -0.15) is 0 Å². The third-order valence-electron chi connectivity index (χ3n) is 3.32. The molecule has 5 heteroatoms. The minimum Gasteiger partial charge on any atom is -0.502 e. The van der Waals surface area contributed by atoms with Crippen LogP contribution in [0.15, 0.2) is 54.8 Å². The molecule has 0 aliphatic carbocycles. The SMILES string of the molecule is C=C(O)C(=O)Oc1c(C)ccc(C(=O)c2ccccc2)c1NC. The summed E-state index contributed by atoms with van der Waals surface area (Å²) in [7, 11) is 1.63. The molecule has 2 aromatic rings. The molecule has 0 aliphatic heterocycles. The number of esters is 1. The van der Waals surface area contributed by atoms with Gasteiger partial charge in [-0.25, -0.2) is 4.79 Å². The van der Waals surface area contributed by atoms with Crippen LogP contribution in [0, 0.1) is 6.92 Å². The Bertz CT molecular complexity index is 766. The van der Waals surface area contributed by atoms with Crippen molar-refractivity contribution in [2.75, 3.05) is 12.4 Å². The lowest BCUT2D eigenvalue weighted by molar-refractivity contribution is -0.132. The summed E-state index contributed by atoms with van der Waals surface area (Å²) in [6.07, 6.45) is 0. The molecule has 0 aliphatic rings. The van der Waals surface area contributed by atoms with Crippen LogP contribution < -0.4 is 10.1 Å². The first-order valence-electron chi connectivity index (χ1n) is 6.97. The van der Waals surface area contributed by atoms with Crippen molar-refractivity contribution in [3.05, 3.63) is 71.5 Å². The molecule has 0 heterocycles. The number of carbonyl (C=O) groups excluding carboxylic acids is 2. The molecule has 23 heavy (non-hydrogen) atoms. The zero-order valence-corrected chi connectivity index (χ0v) is 12.9. The molecule has 0 atom stereocenters. The molecule has 0 bridgehead atoms. The van der Waals surface area contributed by atoms with E-state index < -0.39 is 11.7 Å². The monoisotopic (exact) mass is 311 g/mol. The van der Waals surface area contributed by atoms with E-state index in [9.17, 15) is 9.59 Å². The second kappa shape index (κ2) is 6.79. The molecule has 2 aromatic carbocycles. The number of benzene rings is 2. The molecule has 0 unspecified atom stereocenters. The summed E-state index contributed by atoms with van der Waals surface area (Å²) in [5.41, 5.74) is 1.93. The number of carbonyl (C=O) groups is 2. The van der Waals surface area contributed by atoms with Crippen LogP contribution in [0.3, 0.4) is 0 Å². The molecule has 5 nitrogen and oxygen atoms in total. The summed E-state index contributed by atoms with van der Waals surface area (Å²) >= 11 is 0. The van der Waals surface area contributed by atoms with Crippen LogP contribution in [0.25, 0.3) is 0 Å². The molecular formula is C18H17NO4. The van der Waals surface area contributed by atoms with Crippen LogP contribution in [0.5, 0.6) is 5.75 Å². The maximum atomic E-state index is 12.7. The van der Waals surface area contributed by atoms with Crippen LogP contribution in [-0.2, 0) is 4.79 Å². The molecule has 118 valence electrons. The van der Waals surface area contributed by atoms with Crippen LogP contribution in [0.2, 0.25) is 0 Å². The highest BCUT2D eigenvalue weighted by atomic mass is 16.5. The Labute approximate surface area is 134 Å². The fourth-order valence-corrected chi connectivity index (χ4v) is 2.15. The Kier molecular flexibility index (Phi) is 4.81. The van der Waals surface area contributed by atoms with Gasteiger partial charge in [-0.1, -0.05) is 36.4 Å². The van der Waals surface area contributed by atoms with Gasteiger partial charge in [-0.15, -0.1) is 0 Å². The maximum Gasteiger partial charge on any atom is 0.378 e. The first kappa shape index (κ1) is 16.3. The Balaban J connectivity index is 2.51. The number of ketones is 1. The van der Waals surface area contributed by atoms with Crippen LogP contribution in [0.1, 0.15) is 21.5 Å². The van der Waals surface area contributed by atoms with E-state index in [2.05, 4.69) is 11.9 Å². The lowest BCUT2D eigenvalue weighted by Gasteiger charge is -2.16. The van der Waals surface area contributed by atoms with E-state index in [1.165, 1.54) is 0 Å². The highest BCUT2D eigenvalue weighted by molar-refractivity contribution is 6.13. The van der Waals surface area contributed by atoms with E-state index in [4.69, 9.17) is 9.84 Å². The maximum absolute atomic E-state index is 12.7. The van der Waals surface area contributed by atoms with Crippen molar-refractivity contribution in [1.29, 1.82) is 0 Å². The number of aliphatic hydroxyl groups excluding tert-OH is 1. The van der Waals surface area contributed by atoms with Crippen molar-refractivity contribution in [2.24, 2.45) is 0 Å². The molecule has 2 rings (SSSR count). The highest BCUT2D eigenvalue weighted by Gasteiger charge is 2.21. The average molecular weight is 311 g/mol. The number of rotatable bonds is 5. The Morgan fingerprint density at radius 1 is 1.13 bits per heavy atom. The van der Waals surface area contributed by atoms with Gasteiger partial charge >= 0.3 is 5.97 Å². The van der Waals surface area contributed by atoms with Gasteiger partial charge in [0.2, 0.25) is 0 Å². The van der Waals surface area contributed by atoms with E-state index in [0.29, 0.717) is 22.4 Å². The Morgan fingerprint density at radius 2 is 1.78 bits per heavy atom. The standard InChI is InChI=1S/C18H17NO4/c1-11-9-10-14(16(21)13-7-5-4-6-8-13)15(19-3)17(11)23-18(22)12(2)20/h4-10,19-20H,2H2,1,3H3. The Morgan fingerprint density at radius 3 is 2.35 bits per heavy atom. The van der Waals surface area contributed by atoms with Gasteiger partial charge in [0.15, 0.2) is 17.3 Å². The smallest absolute Gasteiger partial charge is 0.378 e. The van der Waals surface area contributed by atoms with E-state index in [-0.39, 0.29) is 11.5 Å². The summed E-state index contributed by atoms with van der Waals surface area (Å²) in [5.74, 6) is -1.68. The van der Waals surface area contributed by atoms with Gasteiger partial charge in [0, 0.05) is 18.2 Å². The van der Waals surface area contributed by atoms with E-state index in [0.717, 1.165) is 0 Å². The number of hydrogen-bond donors (Lipinski definition) is 2. The van der Waals surface area contributed by atoms with Gasteiger partial charge in [0.1, 0.15) is 0 Å². The van der Waals surface area contributed by atoms with Crippen LogP contribution in [-0.4, -0.2) is 23.9 Å². The molecule has 0 fully saturated rings. The molecule has 0 amide bonds. The summed E-state index contributed by atoms with van der Waals surface area (Å²) in [6, 6.07) is 12.1. The molecule has 0 aromatic heterocycles. The number of nitrogens with one attached hydrogen (secondary N) is 1. The molecule has 0 saturated heterocycles. The lowest BCUT2D eigenvalue weighted by Crippen LogP contribution is -2.14. The van der Waals surface area contributed by atoms with Crippen molar-refractivity contribution < 1.29 is 19.4 Å².